The number of aliphatic hydroxyl groups is 3. The van der Waals surface area contributed by atoms with Crippen LogP contribution in [0.2, 0.25) is 0 Å². The van der Waals surface area contributed by atoms with Gasteiger partial charge in [-0.3, -0.25) is 0 Å². The maximum Gasteiger partial charge on any atom is 0.0827 e. The van der Waals surface area contributed by atoms with E-state index < -0.39 is 12.2 Å². The summed E-state index contributed by atoms with van der Waals surface area (Å²) in [6.07, 6.45) is 10.1. The second-order valence-corrected chi connectivity index (χ2v) is 12.8. The van der Waals surface area contributed by atoms with Crippen LogP contribution in [0, 0.1) is 52.3 Å². The molecule has 10 atom stereocenters. The molecule has 10 unspecified atom stereocenters. The van der Waals surface area contributed by atoms with E-state index in [1.807, 2.05) is 0 Å². The molecule has 0 amide bonds. The van der Waals surface area contributed by atoms with E-state index in [0.717, 1.165) is 25.7 Å². The summed E-state index contributed by atoms with van der Waals surface area (Å²) in [6, 6.07) is 0. The molecule has 0 bridgehead atoms. The van der Waals surface area contributed by atoms with Crippen LogP contribution in [-0.4, -0.2) is 34.1 Å². The van der Waals surface area contributed by atoms with Crippen molar-refractivity contribution < 1.29 is 15.3 Å². The molecule has 3 fully saturated rings. The third kappa shape index (κ3) is 3.75. The zero-order chi connectivity index (χ0) is 23.4. The first-order valence-corrected chi connectivity index (χ1v) is 13.4. The highest BCUT2D eigenvalue weighted by Crippen LogP contribution is 2.67. The van der Waals surface area contributed by atoms with E-state index in [9.17, 15) is 15.3 Å². The molecule has 4 aliphatic carbocycles. The summed E-state index contributed by atoms with van der Waals surface area (Å²) >= 11 is 0. The molecular weight excluding hydrogens is 396 g/mol. The Balaban J connectivity index is 1.56. The molecule has 0 heterocycles. The number of aliphatic hydroxyl groups excluding tert-OH is 3. The first-order valence-electron chi connectivity index (χ1n) is 13.4. The van der Waals surface area contributed by atoms with E-state index in [2.05, 4.69) is 47.3 Å². The molecule has 182 valence electrons. The van der Waals surface area contributed by atoms with Crippen LogP contribution >= 0.6 is 0 Å². The summed E-state index contributed by atoms with van der Waals surface area (Å²) in [4.78, 5) is 0. The topological polar surface area (TPSA) is 60.7 Å². The molecule has 0 aliphatic heterocycles. The third-order valence-electron chi connectivity index (χ3n) is 11.1. The van der Waals surface area contributed by atoms with Crippen LogP contribution in [0.3, 0.4) is 0 Å². The number of allylic oxidation sites excluding steroid dienone is 3. The molecule has 0 radical (unpaired) electrons. The standard InChI is InChI=1S/C29H48O3/c1-17(2)18(3)7-8-20(16-30)23-11-12-24-21-9-10-22-19(4)27(32)26(31)15-29(22,6)25(21)13-14-28(23,24)5/h9,17,19-20,22-27,30-32H,3,7-8,10-16H2,1-2,4-6H3. The lowest BCUT2D eigenvalue weighted by Crippen LogP contribution is -2.56. The fourth-order valence-electron chi connectivity index (χ4n) is 8.94. The maximum atomic E-state index is 10.7. The van der Waals surface area contributed by atoms with Gasteiger partial charge < -0.3 is 15.3 Å². The molecule has 4 aliphatic rings. The number of fused-ring (bicyclic) bond motifs is 5. The van der Waals surface area contributed by atoms with E-state index >= 15 is 0 Å². The van der Waals surface area contributed by atoms with Gasteiger partial charge in [0.2, 0.25) is 0 Å². The summed E-state index contributed by atoms with van der Waals surface area (Å²) in [5.41, 5.74) is 3.34. The van der Waals surface area contributed by atoms with Crippen LogP contribution in [0.4, 0.5) is 0 Å². The first kappa shape index (κ1) is 24.5. The van der Waals surface area contributed by atoms with Crippen molar-refractivity contribution in [3.8, 4) is 0 Å². The second-order valence-electron chi connectivity index (χ2n) is 12.8. The molecule has 32 heavy (non-hydrogen) atoms. The van der Waals surface area contributed by atoms with Gasteiger partial charge in [-0.15, -0.1) is 0 Å². The van der Waals surface area contributed by atoms with Gasteiger partial charge in [0.15, 0.2) is 0 Å². The average molecular weight is 445 g/mol. The van der Waals surface area contributed by atoms with Crippen LogP contribution in [0.15, 0.2) is 23.8 Å². The summed E-state index contributed by atoms with van der Waals surface area (Å²) in [7, 11) is 0. The molecule has 0 aromatic rings. The summed E-state index contributed by atoms with van der Waals surface area (Å²) in [6.45, 7) is 16.1. The minimum Gasteiger partial charge on any atom is -0.396 e. The Labute approximate surface area is 196 Å². The van der Waals surface area contributed by atoms with Gasteiger partial charge in [-0.1, -0.05) is 58.4 Å². The van der Waals surface area contributed by atoms with Crippen molar-refractivity contribution in [2.45, 2.75) is 98.2 Å². The second kappa shape index (κ2) is 8.86. The molecule has 3 saturated carbocycles. The fourth-order valence-corrected chi connectivity index (χ4v) is 8.94. The van der Waals surface area contributed by atoms with E-state index in [0.29, 0.717) is 42.1 Å². The van der Waals surface area contributed by atoms with Crippen LogP contribution in [0.5, 0.6) is 0 Å². The Morgan fingerprint density at radius 3 is 2.47 bits per heavy atom. The largest absolute Gasteiger partial charge is 0.396 e. The Bertz CT molecular complexity index is 741. The predicted octanol–water partition coefficient (Wildman–Crippen LogP) is 5.74. The van der Waals surface area contributed by atoms with Gasteiger partial charge in [-0.05, 0) is 104 Å². The van der Waals surface area contributed by atoms with E-state index in [-0.39, 0.29) is 16.7 Å². The summed E-state index contributed by atoms with van der Waals surface area (Å²) < 4.78 is 0. The lowest BCUT2D eigenvalue weighted by atomic mass is 9.46. The monoisotopic (exact) mass is 444 g/mol. The first-order chi connectivity index (χ1) is 15.0. The molecule has 3 heteroatoms. The minimum absolute atomic E-state index is 0.0902. The zero-order valence-electron chi connectivity index (χ0n) is 21.2. The number of rotatable bonds is 6. The zero-order valence-corrected chi connectivity index (χ0v) is 21.2. The Morgan fingerprint density at radius 2 is 1.81 bits per heavy atom. The van der Waals surface area contributed by atoms with Crippen molar-refractivity contribution in [3.05, 3.63) is 23.8 Å². The van der Waals surface area contributed by atoms with Gasteiger partial charge in [0.05, 0.1) is 12.2 Å². The summed E-state index contributed by atoms with van der Waals surface area (Å²) in [5, 5.41) is 31.6. The Hall–Kier alpha value is -0.640. The minimum atomic E-state index is -0.594. The molecule has 3 N–H and O–H groups in total. The molecule has 0 aromatic heterocycles. The molecule has 0 aromatic carbocycles. The maximum absolute atomic E-state index is 10.7. The van der Waals surface area contributed by atoms with Crippen molar-refractivity contribution in [3.63, 3.8) is 0 Å². The molecule has 0 saturated heterocycles. The Morgan fingerprint density at radius 1 is 1.12 bits per heavy atom. The summed E-state index contributed by atoms with van der Waals surface area (Å²) in [5.74, 6) is 3.24. The van der Waals surface area contributed by atoms with Crippen LogP contribution in [0.25, 0.3) is 0 Å². The lowest BCUT2D eigenvalue weighted by Gasteiger charge is -2.60. The number of hydrogen-bond acceptors (Lipinski definition) is 3. The molecule has 0 spiro atoms. The SMILES string of the molecule is C=C(CCC(CO)C1CCC2C3=CCC4C(C)C(O)C(O)CC4(C)C3CCC21C)C(C)C. The van der Waals surface area contributed by atoms with Crippen LogP contribution in [-0.2, 0) is 0 Å². The van der Waals surface area contributed by atoms with Crippen LogP contribution < -0.4 is 0 Å². The highest BCUT2D eigenvalue weighted by molar-refractivity contribution is 5.28. The van der Waals surface area contributed by atoms with Gasteiger partial charge in [0.1, 0.15) is 0 Å². The predicted molar refractivity (Wildman–Crippen MR) is 131 cm³/mol. The van der Waals surface area contributed by atoms with Crippen molar-refractivity contribution >= 4 is 0 Å². The highest BCUT2D eigenvalue weighted by atomic mass is 16.3. The van der Waals surface area contributed by atoms with Crippen molar-refractivity contribution in [1.82, 2.24) is 0 Å². The van der Waals surface area contributed by atoms with Gasteiger partial charge in [0.25, 0.3) is 0 Å². The number of hydrogen-bond donors (Lipinski definition) is 3. The molecular formula is C29H48O3. The fraction of sp³-hybridized carbons (Fsp3) is 0.862. The Kier molecular flexibility index (Phi) is 6.78. The van der Waals surface area contributed by atoms with Crippen molar-refractivity contribution in [2.24, 2.45) is 52.3 Å². The molecule has 4 rings (SSSR count). The van der Waals surface area contributed by atoms with Gasteiger partial charge in [0, 0.05) is 6.61 Å². The average Bonchev–Trinajstić information content (AvgIpc) is 3.09. The van der Waals surface area contributed by atoms with E-state index in [1.165, 1.54) is 31.3 Å². The van der Waals surface area contributed by atoms with Gasteiger partial charge in [-0.2, -0.15) is 0 Å². The quantitative estimate of drug-likeness (QED) is 0.458. The molecule has 3 nitrogen and oxygen atoms in total. The lowest BCUT2D eigenvalue weighted by molar-refractivity contribution is -0.139. The normalized spacial score (nSPS) is 46.8. The highest BCUT2D eigenvalue weighted by Gasteiger charge is 2.60. The van der Waals surface area contributed by atoms with E-state index in [1.54, 1.807) is 5.57 Å². The smallest absolute Gasteiger partial charge is 0.0827 e. The van der Waals surface area contributed by atoms with Crippen molar-refractivity contribution in [2.75, 3.05) is 6.61 Å². The van der Waals surface area contributed by atoms with Gasteiger partial charge >= 0.3 is 0 Å². The third-order valence-corrected chi connectivity index (χ3v) is 11.1. The van der Waals surface area contributed by atoms with Crippen molar-refractivity contribution in [1.29, 1.82) is 0 Å². The van der Waals surface area contributed by atoms with Gasteiger partial charge in [-0.25, -0.2) is 0 Å². The van der Waals surface area contributed by atoms with Crippen LogP contribution in [0.1, 0.15) is 86.0 Å². The van der Waals surface area contributed by atoms with E-state index in [4.69, 9.17) is 0 Å².